The first-order valence-electron chi connectivity index (χ1n) is 8.39. The number of rotatable bonds is 3. The molecule has 0 unspecified atom stereocenters. The van der Waals surface area contributed by atoms with Gasteiger partial charge in [-0.15, -0.1) is 0 Å². The van der Waals surface area contributed by atoms with E-state index in [-0.39, 0.29) is 11.6 Å². The number of nitrogens with zero attached hydrogens (tertiary/aromatic N) is 4. The summed E-state index contributed by atoms with van der Waals surface area (Å²) in [5, 5.41) is 5.04. The summed E-state index contributed by atoms with van der Waals surface area (Å²) < 4.78 is 10.00. The molecule has 25 heavy (non-hydrogen) atoms. The molecule has 0 aliphatic carbocycles. The second kappa shape index (κ2) is 6.72. The molecule has 6 nitrogen and oxygen atoms in total. The van der Waals surface area contributed by atoms with E-state index >= 15 is 0 Å². The highest BCUT2D eigenvalue weighted by Gasteiger charge is 2.21. The Morgan fingerprint density at radius 3 is 2.68 bits per heavy atom. The van der Waals surface area contributed by atoms with E-state index in [0.29, 0.717) is 17.5 Å². The molecule has 0 amide bonds. The molecule has 1 aliphatic rings. The molecule has 3 aromatic rings. The molecule has 0 radical (unpaired) electrons. The minimum Gasteiger partial charge on any atom is -0.381 e. The molecule has 1 aliphatic heterocycles. The molecule has 1 aromatic carbocycles. The summed E-state index contributed by atoms with van der Waals surface area (Å²) in [7, 11) is 1.77. The van der Waals surface area contributed by atoms with Crippen LogP contribution >= 0.6 is 15.9 Å². The molecular formula is C18H19BrN4O2. The van der Waals surface area contributed by atoms with Crippen molar-refractivity contribution in [2.45, 2.75) is 25.3 Å². The Kier molecular flexibility index (Phi) is 4.43. The van der Waals surface area contributed by atoms with Crippen molar-refractivity contribution in [1.82, 2.24) is 19.3 Å². The first-order chi connectivity index (χ1) is 12.1. The standard InChI is InChI=1S/C18H19BrN4O2/c1-22-16(10-12-2-4-13(19)5-3-12)21-17-15(18(22)24)11-20-23(17)14-6-8-25-9-7-14/h2-5,11,14H,6-10H2,1H3. The second-order valence-corrected chi connectivity index (χ2v) is 7.28. The summed E-state index contributed by atoms with van der Waals surface area (Å²) in [5.41, 5.74) is 1.75. The predicted molar refractivity (Wildman–Crippen MR) is 98.8 cm³/mol. The van der Waals surface area contributed by atoms with Crippen LogP contribution in [0.4, 0.5) is 0 Å². The highest BCUT2D eigenvalue weighted by Crippen LogP contribution is 2.23. The van der Waals surface area contributed by atoms with E-state index in [4.69, 9.17) is 9.72 Å². The van der Waals surface area contributed by atoms with Gasteiger partial charge in [0.1, 0.15) is 11.2 Å². The van der Waals surface area contributed by atoms with E-state index in [1.807, 2.05) is 28.9 Å². The van der Waals surface area contributed by atoms with Crippen LogP contribution in [0.15, 0.2) is 39.7 Å². The average molecular weight is 403 g/mol. The Balaban J connectivity index is 1.77. The Hall–Kier alpha value is -1.99. The summed E-state index contributed by atoms with van der Waals surface area (Å²) in [6.45, 7) is 1.45. The third-order valence-electron chi connectivity index (χ3n) is 4.74. The summed E-state index contributed by atoms with van der Waals surface area (Å²) >= 11 is 3.45. The summed E-state index contributed by atoms with van der Waals surface area (Å²) in [6, 6.07) is 8.31. The zero-order valence-electron chi connectivity index (χ0n) is 14.0. The van der Waals surface area contributed by atoms with Gasteiger partial charge in [-0.1, -0.05) is 28.1 Å². The van der Waals surface area contributed by atoms with Crippen LogP contribution < -0.4 is 5.56 Å². The number of benzene rings is 1. The largest absolute Gasteiger partial charge is 0.381 e. The number of hydrogen-bond donors (Lipinski definition) is 0. The van der Waals surface area contributed by atoms with E-state index in [2.05, 4.69) is 21.0 Å². The lowest BCUT2D eigenvalue weighted by atomic mass is 10.1. The van der Waals surface area contributed by atoms with Gasteiger partial charge in [-0.3, -0.25) is 9.36 Å². The van der Waals surface area contributed by atoms with E-state index in [0.717, 1.165) is 41.9 Å². The van der Waals surface area contributed by atoms with Gasteiger partial charge in [0, 0.05) is 31.2 Å². The Morgan fingerprint density at radius 1 is 1.24 bits per heavy atom. The smallest absolute Gasteiger partial charge is 0.264 e. The number of fused-ring (bicyclic) bond motifs is 1. The van der Waals surface area contributed by atoms with Crippen molar-refractivity contribution in [2.24, 2.45) is 7.05 Å². The quantitative estimate of drug-likeness (QED) is 0.675. The van der Waals surface area contributed by atoms with Gasteiger partial charge >= 0.3 is 0 Å². The maximum atomic E-state index is 12.7. The van der Waals surface area contributed by atoms with Crippen LogP contribution in [0.1, 0.15) is 30.3 Å². The highest BCUT2D eigenvalue weighted by atomic mass is 79.9. The molecule has 0 saturated carbocycles. The fourth-order valence-electron chi connectivity index (χ4n) is 3.25. The molecule has 0 spiro atoms. The van der Waals surface area contributed by atoms with E-state index in [1.165, 1.54) is 0 Å². The van der Waals surface area contributed by atoms with Crippen molar-refractivity contribution in [3.63, 3.8) is 0 Å². The minimum atomic E-state index is -0.0459. The Morgan fingerprint density at radius 2 is 1.96 bits per heavy atom. The molecule has 7 heteroatoms. The van der Waals surface area contributed by atoms with Crippen LogP contribution in [0.25, 0.3) is 11.0 Å². The van der Waals surface area contributed by atoms with Crippen molar-refractivity contribution >= 4 is 27.0 Å². The monoisotopic (exact) mass is 402 g/mol. The van der Waals surface area contributed by atoms with Crippen LogP contribution in [0.2, 0.25) is 0 Å². The van der Waals surface area contributed by atoms with Gasteiger partial charge in [-0.25, -0.2) is 9.67 Å². The fraction of sp³-hybridized carbons (Fsp3) is 0.389. The molecule has 0 N–H and O–H groups in total. The Labute approximate surface area is 153 Å². The van der Waals surface area contributed by atoms with E-state index in [1.54, 1.807) is 17.8 Å². The van der Waals surface area contributed by atoms with Crippen LogP contribution in [0, 0.1) is 0 Å². The summed E-state index contributed by atoms with van der Waals surface area (Å²) in [5.74, 6) is 0.744. The number of halogens is 1. The van der Waals surface area contributed by atoms with Crippen LogP contribution in [-0.2, 0) is 18.2 Å². The zero-order chi connectivity index (χ0) is 17.4. The van der Waals surface area contributed by atoms with Crippen molar-refractivity contribution in [3.8, 4) is 0 Å². The molecule has 2 aromatic heterocycles. The van der Waals surface area contributed by atoms with Crippen molar-refractivity contribution in [2.75, 3.05) is 13.2 Å². The topological polar surface area (TPSA) is 61.9 Å². The first-order valence-corrected chi connectivity index (χ1v) is 9.18. The second-order valence-electron chi connectivity index (χ2n) is 6.37. The summed E-state index contributed by atoms with van der Waals surface area (Å²) in [6.07, 6.45) is 4.04. The normalized spacial score (nSPS) is 15.8. The van der Waals surface area contributed by atoms with Crippen molar-refractivity contribution < 1.29 is 4.74 Å². The number of hydrogen-bond acceptors (Lipinski definition) is 4. The predicted octanol–water partition coefficient (Wildman–Crippen LogP) is 2.83. The van der Waals surface area contributed by atoms with Gasteiger partial charge in [0.2, 0.25) is 0 Å². The Bertz CT molecular complexity index is 956. The van der Waals surface area contributed by atoms with Gasteiger partial charge < -0.3 is 4.74 Å². The number of ether oxygens (including phenoxy) is 1. The molecule has 1 saturated heterocycles. The lowest BCUT2D eigenvalue weighted by Crippen LogP contribution is -2.24. The SMILES string of the molecule is Cn1c(Cc2ccc(Br)cc2)nc2c(cnn2C2CCOCC2)c1=O. The molecule has 130 valence electrons. The first kappa shape index (κ1) is 16.5. The van der Waals surface area contributed by atoms with Gasteiger partial charge in [0.25, 0.3) is 5.56 Å². The van der Waals surface area contributed by atoms with E-state index in [9.17, 15) is 4.79 Å². The molecule has 3 heterocycles. The summed E-state index contributed by atoms with van der Waals surface area (Å²) in [4.78, 5) is 17.5. The fourth-order valence-corrected chi connectivity index (χ4v) is 3.52. The van der Waals surface area contributed by atoms with Gasteiger partial charge in [0.15, 0.2) is 5.65 Å². The lowest BCUT2D eigenvalue weighted by Gasteiger charge is -2.22. The molecule has 1 fully saturated rings. The van der Waals surface area contributed by atoms with Crippen LogP contribution in [0.3, 0.4) is 0 Å². The van der Waals surface area contributed by atoms with Crippen molar-refractivity contribution in [3.05, 3.63) is 56.7 Å². The van der Waals surface area contributed by atoms with Gasteiger partial charge in [0.05, 0.1) is 12.2 Å². The zero-order valence-corrected chi connectivity index (χ0v) is 15.6. The van der Waals surface area contributed by atoms with Crippen LogP contribution in [0.5, 0.6) is 0 Å². The molecular weight excluding hydrogens is 384 g/mol. The maximum absolute atomic E-state index is 12.7. The van der Waals surface area contributed by atoms with Crippen molar-refractivity contribution in [1.29, 1.82) is 0 Å². The highest BCUT2D eigenvalue weighted by molar-refractivity contribution is 9.10. The molecule has 4 rings (SSSR count). The molecule has 0 atom stereocenters. The van der Waals surface area contributed by atoms with Crippen LogP contribution in [-0.4, -0.2) is 32.5 Å². The third kappa shape index (κ3) is 3.14. The van der Waals surface area contributed by atoms with E-state index < -0.39 is 0 Å². The lowest BCUT2D eigenvalue weighted by molar-refractivity contribution is 0.0673. The van der Waals surface area contributed by atoms with Gasteiger partial charge in [-0.2, -0.15) is 5.10 Å². The minimum absolute atomic E-state index is 0.0459. The van der Waals surface area contributed by atoms with Gasteiger partial charge in [-0.05, 0) is 30.5 Å². The molecule has 0 bridgehead atoms. The third-order valence-corrected chi connectivity index (χ3v) is 5.27. The average Bonchev–Trinajstić information content (AvgIpc) is 3.06. The maximum Gasteiger partial charge on any atom is 0.264 e. The number of aromatic nitrogens is 4.